The van der Waals surface area contributed by atoms with Crippen LogP contribution >= 0.6 is 0 Å². The van der Waals surface area contributed by atoms with E-state index in [1.165, 1.54) is 0 Å². The van der Waals surface area contributed by atoms with Crippen LogP contribution in [0.3, 0.4) is 0 Å². The quantitative estimate of drug-likeness (QED) is 0.587. The van der Waals surface area contributed by atoms with Crippen molar-refractivity contribution in [2.24, 2.45) is 5.92 Å². The van der Waals surface area contributed by atoms with E-state index in [2.05, 4.69) is 0 Å². The van der Waals surface area contributed by atoms with Crippen LogP contribution in [0.25, 0.3) is 0 Å². The minimum absolute atomic E-state index is 0.0454. The molecule has 2 atom stereocenters. The Balaban J connectivity index is 3.68. The van der Waals surface area contributed by atoms with E-state index >= 15 is 0 Å². The molecule has 0 aliphatic carbocycles. The molecule has 0 heterocycles. The molecule has 0 aromatic rings. The molecule has 0 aliphatic rings. The fourth-order valence-electron chi connectivity index (χ4n) is 0.564. The second-order valence-electron chi connectivity index (χ2n) is 2.97. The summed E-state index contributed by atoms with van der Waals surface area (Å²) < 4.78 is 5.11. The minimum Gasteiger partial charge on any atom is -0.462 e. The first-order valence-corrected chi connectivity index (χ1v) is 4.32. The lowest BCUT2D eigenvalue weighted by Gasteiger charge is -2.13. The summed E-state index contributed by atoms with van der Waals surface area (Å²) in [5, 5.41) is 0. The van der Waals surface area contributed by atoms with Gasteiger partial charge in [-0.05, 0) is 19.8 Å². The summed E-state index contributed by atoms with van der Waals surface area (Å²) in [6, 6.07) is 0. The van der Waals surface area contributed by atoms with Gasteiger partial charge >= 0.3 is 5.97 Å². The maximum Gasteiger partial charge on any atom is 0.308 e. The van der Waals surface area contributed by atoms with Crippen LogP contribution in [0.15, 0.2) is 0 Å². The van der Waals surface area contributed by atoms with Gasteiger partial charge in [-0.25, -0.2) is 0 Å². The number of hydrogen-bond donors (Lipinski definition) is 0. The van der Waals surface area contributed by atoms with Gasteiger partial charge in [0.05, 0.1) is 12.0 Å². The normalized spacial score (nSPS) is 15.6. The zero-order valence-electron chi connectivity index (χ0n) is 7.89. The lowest BCUT2D eigenvalue weighted by atomic mass is 10.1. The molecule has 11 heavy (non-hydrogen) atoms. The molecule has 0 N–H and O–H groups in total. The predicted molar refractivity (Wildman–Crippen MR) is 45.3 cm³/mol. The smallest absolute Gasteiger partial charge is 0.308 e. The SMILES string of the molecule is CC[C@@H](C)C(=O)O[C@@H](C)CC. The second-order valence-corrected chi connectivity index (χ2v) is 2.97. The summed E-state index contributed by atoms with van der Waals surface area (Å²) >= 11 is 0. The molecule has 0 bridgehead atoms. The molecular formula is C9H18O2. The van der Waals surface area contributed by atoms with Crippen molar-refractivity contribution in [2.45, 2.75) is 46.6 Å². The van der Waals surface area contributed by atoms with E-state index < -0.39 is 0 Å². The highest BCUT2D eigenvalue weighted by atomic mass is 16.5. The van der Waals surface area contributed by atoms with Crippen LogP contribution in [0.5, 0.6) is 0 Å². The number of rotatable bonds is 4. The Hall–Kier alpha value is -0.530. The Morgan fingerprint density at radius 1 is 1.27 bits per heavy atom. The third kappa shape index (κ3) is 4.02. The van der Waals surface area contributed by atoms with Crippen molar-refractivity contribution in [3.05, 3.63) is 0 Å². The molecule has 0 spiro atoms. The van der Waals surface area contributed by atoms with E-state index in [-0.39, 0.29) is 18.0 Å². The molecule has 0 radical (unpaired) electrons. The van der Waals surface area contributed by atoms with Crippen molar-refractivity contribution in [3.8, 4) is 0 Å². The molecule has 0 unspecified atom stereocenters. The van der Waals surface area contributed by atoms with Gasteiger partial charge in [0.15, 0.2) is 0 Å². The first kappa shape index (κ1) is 10.5. The summed E-state index contributed by atoms with van der Waals surface area (Å²) in [5.74, 6) is -0.0224. The number of carbonyl (C=O) groups excluding carboxylic acids is 1. The van der Waals surface area contributed by atoms with Gasteiger partial charge in [-0.15, -0.1) is 0 Å². The van der Waals surface area contributed by atoms with Gasteiger partial charge in [-0.3, -0.25) is 4.79 Å². The van der Waals surface area contributed by atoms with Gasteiger partial charge in [0.2, 0.25) is 0 Å². The van der Waals surface area contributed by atoms with Crippen molar-refractivity contribution < 1.29 is 9.53 Å². The molecule has 2 nitrogen and oxygen atoms in total. The Labute approximate surface area is 68.9 Å². The highest BCUT2D eigenvalue weighted by Gasteiger charge is 2.13. The van der Waals surface area contributed by atoms with Crippen LogP contribution in [0.2, 0.25) is 0 Å². The van der Waals surface area contributed by atoms with E-state index in [9.17, 15) is 4.79 Å². The van der Waals surface area contributed by atoms with Crippen LogP contribution < -0.4 is 0 Å². The first-order chi connectivity index (χ1) is 5.11. The summed E-state index contributed by atoms with van der Waals surface area (Å²) in [5.41, 5.74) is 0. The molecule has 2 heteroatoms. The molecule has 0 saturated heterocycles. The second kappa shape index (κ2) is 5.16. The van der Waals surface area contributed by atoms with Gasteiger partial charge in [-0.1, -0.05) is 20.8 Å². The van der Waals surface area contributed by atoms with Crippen LogP contribution in [0, 0.1) is 5.92 Å². The predicted octanol–water partition coefficient (Wildman–Crippen LogP) is 2.37. The van der Waals surface area contributed by atoms with E-state index in [1.807, 2.05) is 27.7 Å². The van der Waals surface area contributed by atoms with Crippen molar-refractivity contribution in [1.82, 2.24) is 0 Å². The van der Waals surface area contributed by atoms with Crippen LogP contribution in [-0.2, 0) is 9.53 Å². The van der Waals surface area contributed by atoms with Gasteiger partial charge < -0.3 is 4.74 Å². The van der Waals surface area contributed by atoms with Crippen molar-refractivity contribution in [1.29, 1.82) is 0 Å². The zero-order valence-corrected chi connectivity index (χ0v) is 7.89. The summed E-state index contributed by atoms with van der Waals surface area (Å²) in [4.78, 5) is 11.1. The molecular weight excluding hydrogens is 140 g/mol. The highest BCUT2D eigenvalue weighted by Crippen LogP contribution is 2.06. The maximum atomic E-state index is 11.1. The lowest BCUT2D eigenvalue weighted by Crippen LogP contribution is -2.19. The third-order valence-corrected chi connectivity index (χ3v) is 1.91. The molecule has 0 amide bonds. The Kier molecular flexibility index (Phi) is 4.92. The number of esters is 1. The van der Waals surface area contributed by atoms with Gasteiger partial charge in [0, 0.05) is 0 Å². The molecule has 0 aliphatic heterocycles. The van der Waals surface area contributed by atoms with E-state index in [1.54, 1.807) is 0 Å². The largest absolute Gasteiger partial charge is 0.462 e. The van der Waals surface area contributed by atoms with Crippen molar-refractivity contribution >= 4 is 5.97 Å². The zero-order chi connectivity index (χ0) is 8.85. The van der Waals surface area contributed by atoms with E-state index in [0.29, 0.717) is 0 Å². The average molecular weight is 158 g/mol. The third-order valence-electron chi connectivity index (χ3n) is 1.91. The van der Waals surface area contributed by atoms with Crippen LogP contribution in [-0.4, -0.2) is 12.1 Å². The molecule has 0 rings (SSSR count). The van der Waals surface area contributed by atoms with Crippen molar-refractivity contribution in [2.75, 3.05) is 0 Å². The van der Waals surface area contributed by atoms with Crippen molar-refractivity contribution in [3.63, 3.8) is 0 Å². The molecule has 0 fully saturated rings. The Morgan fingerprint density at radius 3 is 2.18 bits per heavy atom. The highest BCUT2D eigenvalue weighted by molar-refractivity contribution is 5.72. The molecule has 66 valence electrons. The van der Waals surface area contributed by atoms with Gasteiger partial charge in [0.25, 0.3) is 0 Å². The number of ether oxygens (including phenoxy) is 1. The lowest BCUT2D eigenvalue weighted by molar-refractivity contribution is -0.152. The van der Waals surface area contributed by atoms with Crippen LogP contribution in [0.1, 0.15) is 40.5 Å². The fraction of sp³-hybridized carbons (Fsp3) is 0.889. The topological polar surface area (TPSA) is 26.3 Å². The average Bonchev–Trinajstić information content (AvgIpc) is 2.02. The monoisotopic (exact) mass is 158 g/mol. The minimum atomic E-state index is -0.0677. The molecule has 0 aromatic heterocycles. The van der Waals surface area contributed by atoms with E-state index in [0.717, 1.165) is 12.8 Å². The number of hydrogen-bond acceptors (Lipinski definition) is 2. The summed E-state index contributed by atoms with van der Waals surface area (Å²) in [6.07, 6.45) is 1.81. The summed E-state index contributed by atoms with van der Waals surface area (Å²) in [6.45, 7) is 7.81. The Morgan fingerprint density at radius 2 is 1.82 bits per heavy atom. The standard InChI is InChI=1S/C9H18O2/c1-5-7(3)9(10)11-8(4)6-2/h7-8H,5-6H2,1-4H3/t7-,8+/m1/s1. The van der Waals surface area contributed by atoms with E-state index in [4.69, 9.17) is 4.74 Å². The van der Waals surface area contributed by atoms with Crippen LogP contribution in [0.4, 0.5) is 0 Å². The van der Waals surface area contributed by atoms with Gasteiger partial charge in [0.1, 0.15) is 0 Å². The fourth-order valence-corrected chi connectivity index (χ4v) is 0.564. The maximum absolute atomic E-state index is 11.1. The van der Waals surface area contributed by atoms with Gasteiger partial charge in [-0.2, -0.15) is 0 Å². The number of carbonyl (C=O) groups is 1. The molecule has 0 aromatic carbocycles. The molecule has 0 saturated carbocycles. The summed E-state index contributed by atoms with van der Waals surface area (Å²) in [7, 11) is 0. The Bertz CT molecular complexity index is 121. The first-order valence-electron chi connectivity index (χ1n) is 4.32.